The molecule has 16 heavy (non-hydrogen) atoms. The second-order valence-corrected chi connectivity index (χ2v) is 3.03. The first-order valence-electron chi connectivity index (χ1n) is 4.43. The van der Waals surface area contributed by atoms with Crippen LogP contribution in [0.3, 0.4) is 0 Å². The van der Waals surface area contributed by atoms with Crippen LogP contribution in [0.15, 0.2) is 36.7 Å². The van der Waals surface area contributed by atoms with Crippen LogP contribution < -0.4 is 0 Å². The molecule has 0 aliphatic carbocycles. The molecule has 1 heterocycles. The third-order valence-electron chi connectivity index (χ3n) is 2.00. The molecule has 1 N–H and O–H groups in total. The van der Waals surface area contributed by atoms with Crippen molar-refractivity contribution in [3.63, 3.8) is 0 Å². The molecule has 0 unspecified atom stereocenters. The molecular formula is C10H7N3O3. The van der Waals surface area contributed by atoms with Gasteiger partial charge in [0.25, 0.3) is 5.69 Å². The second kappa shape index (κ2) is 3.93. The third-order valence-corrected chi connectivity index (χ3v) is 2.00. The van der Waals surface area contributed by atoms with Gasteiger partial charge in [0.15, 0.2) is 5.82 Å². The van der Waals surface area contributed by atoms with E-state index in [1.54, 1.807) is 6.07 Å². The van der Waals surface area contributed by atoms with Crippen molar-refractivity contribution in [3.8, 4) is 17.1 Å². The lowest BCUT2D eigenvalue weighted by Gasteiger charge is -2.01. The van der Waals surface area contributed by atoms with E-state index >= 15 is 0 Å². The summed E-state index contributed by atoms with van der Waals surface area (Å²) in [6.07, 6.45) is 3.00. The van der Waals surface area contributed by atoms with Crippen molar-refractivity contribution in [1.29, 1.82) is 0 Å². The maximum absolute atomic E-state index is 10.6. The van der Waals surface area contributed by atoms with E-state index in [-0.39, 0.29) is 22.8 Å². The fourth-order valence-electron chi connectivity index (χ4n) is 1.25. The highest BCUT2D eigenvalue weighted by molar-refractivity contribution is 5.66. The van der Waals surface area contributed by atoms with E-state index in [0.717, 1.165) is 0 Å². The number of nitrogens with zero attached hydrogens (tertiary/aromatic N) is 3. The number of nitro groups is 1. The molecule has 2 aromatic rings. The van der Waals surface area contributed by atoms with E-state index < -0.39 is 4.92 Å². The van der Waals surface area contributed by atoms with Gasteiger partial charge in [0.05, 0.1) is 10.5 Å². The maximum atomic E-state index is 10.6. The summed E-state index contributed by atoms with van der Waals surface area (Å²) in [6, 6.07) is 5.34. The smallest absolute Gasteiger partial charge is 0.270 e. The van der Waals surface area contributed by atoms with E-state index in [1.807, 2.05) is 0 Å². The van der Waals surface area contributed by atoms with Crippen molar-refractivity contribution in [2.45, 2.75) is 0 Å². The van der Waals surface area contributed by atoms with Gasteiger partial charge in [0.2, 0.25) is 0 Å². The normalized spacial score (nSPS) is 10.0. The molecule has 0 spiro atoms. The first kappa shape index (κ1) is 10.0. The van der Waals surface area contributed by atoms with Gasteiger partial charge in [-0.3, -0.25) is 10.1 Å². The largest absolute Gasteiger partial charge is 0.507 e. The lowest BCUT2D eigenvalue weighted by atomic mass is 10.1. The zero-order valence-electron chi connectivity index (χ0n) is 8.07. The zero-order valence-corrected chi connectivity index (χ0v) is 8.07. The predicted octanol–water partition coefficient (Wildman–Crippen LogP) is 1.76. The molecule has 0 atom stereocenters. The van der Waals surface area contributed by atoms with E-state index in [0.29, 0.717) is 0 Å². The Morgan fingerprint density at radius 1 is 1.25 bits per heavy atom. The summed E-state index contributed by atoms with van der Waals surface area (Å²) in [5.41, 5.74) is 0.134. The van der Waals surface area contributed by atoms with Crippen molar-refractivity contribution >= 4 is 5.69 Å². The highest BCUT2D eigenvalue weighted by Gasteiger charge is 2.13. The Morgan fingerprint density at radius 2 is 1.94 bits per heavy atom. The monoisotopic (exact) mass is 217 g/mol. The van der Waals surface area contributed by atoms with Crippen LogP contribution in [0.2, 0.25) is 0 Å². The first-order valence-corrected chi connectivity index (χ1v) is 4.43. The lowest BCUT2D eigenvalue weighted by molar-refractivity contribution is -0.384. The Hall–Kier alpha value is -2.50. The number of non-ortho nitro benzene ring substituents is 1. The minimum Gasteiger partial charge on any atom is -0.507 e. The average Bonchev–Trinajstić information content (AvgIpc) is 2.30. The quantitative estimate of drug-likeness (QED) is 0.611. The van der Waals surface area contributed by atoms with E-state index in [4.69, 9.17) is 0 Å². The maximum Gasteiger partial charge on any atom is 0.270 e. The molecule has 0 amide bonds. The summed E-state index contributed by atoms with van der Waals surface area (Å²) >= 11 is 0. The highest BCUT2D eigenvalue weighted by atomic mass is 16.6. The summed E-state index contributed by atoms with van der Waals surface area (Å²) in [7, 11) is 0. The predicted molar refractivity (Wildman–Crippen MR) is 55.8 cm³/mol. The van der Waals surface area contributed by atoms with Crippen LogP contribution in [0.4, 0.5) is 5.69 Å². The van der Waals surface area contributed by atoms with Crippen molar-refractivity contribution in [3.05, 3.63) is 46.8 Å². The second-order valence-electron chi connectivity index (χ2n) is 3.03. The molecule has 6 nitrogen and oxygen atoms in total. The molecule has 80 valence electrons. The number of phenols is 1. The molecule has 0 aliphatic heterocycles. The zero-order chi connectivity index (χ0) is 11.5. The summed E-state index contributed by atoms with van der Waals surface area (Å²) in [5.74, 6) is 0.167. The van der Waals surface area contributed by atoms with Crippen molar-refractivity contribution < 1.29 is 10.0 Å². The third kappa shape index (κ3) is 1.81. The van der Waals surface area contributed by atoms with Crippen LogP contribution in [-0.2, 0) is 0 Å². The average molecular weight is 217 g/mol. The molecule has 1 aromatic heterocycles. The molecule has 6 heteroatoms. The number of aromatic hydroxyl groups is 1. The van der Waals surface area contributed by atoms with E-state index in [2.05, 4.69) is 9.97 Å². The van der Waals surface area contributed by atoms with Crippen molar-refractivity contribution in [1.82, 2.24) is 9.97 Å². The van der Waals surface area contributed by atoms with Gasteiger partial charge in [0, 0.05) is 24.5 Å². The van der Waals surface area contributed by atoms with Crippen LogP contribution >= 0.6 is 0 Å². The van der Waals surface area contributed by atoms with E-state index in [9.17, 15) is 15.2 Å². The highest BCUT2D eigenvalue weighted by Crippen LogP contribution is 2.29. The van der Waals surface area contributed by atoms with Crippen LogP contribution in [0.25, 0.3) is 11.4 Å². The van der Waals surface area contributed by atoms with Gasteiger partial charge in [0.1, 0.15) is 5.75 Å². The fourth-order valence-corrected chi connectivity index (χ4v) is 1.25. The number of nitro benzene ring substituents is 1. The first-order chi connectivity index (χ1) is 7.68. The van der Waals surface area contributed by atoms with Gasteiger partial charge >= 0.3 is 0 Å². The Morgan fingerprint density at radius 3 is 2.56 bits per heavy atom. The van der Waals surface area contributed by atoms with Gasteiger partial charge in [-0.05, 0) is 12.1 Å². The van der Waals surface area contributed by atoms with Gasteiger partial charge in [-0.2, -0.15) is 0 Å². The Balaban J connectivity index is 2.56. The van der Waals surface area contributed by atoms with Crippen LogP contribution in [-0.4, -0.2) is 20.0 Å². The SMILES string of the molecule is O=[N+]([O-])c1ccc(O)c(-c2ncccn2)c1. The Kier molecular flexibility index (Phi) is 2.47. The van der Waals surface area contributed by atoms with Crippen LogP contribution in [0, 0.1) is 10.1 Å². The van der Waals surface area contributed by atoms with Crippen LogP contribution in [0.1, 0.15) is 0 Å². The van der Waals surface area contributed by atoms with Crippen LogP contribution in [0.5, 0.6) is 5.75 Å². The summed E-state index contributed by atoms with van der Waals surface area (Å²) < 4.78 is 0. The Bertz CT molecular complexity index is 528. The number of hydrogen-bond acceptors (Lipinski definition) is 5. The molecule has 0 fully saturated rings. The summed E-state index contributed by atoms with van der Waals surface area (Å²) in [4.78, 5) is 17.9. The summed E-state index contributed by atoms with van der Waals surface area (Å²) in [6.45, 7) is 0. The number of rotatable bonds is 2. The number of phenolic OH excluding ortho intramolecular Hbond substituents is 1. The molecular weight excluding hydrogens is 210 g/mol. The molecule has 0 saturated heterocycles. The minimum atomic E-state index is -0.536. The van der Waals surface area contributed by atoms with Gasteiger partial charge in [-0.15, -0.1) is 0 Å². The van der Waals surface area contributed by atoms with Gasteiger partial charge in [-0.1, -0.05) is 0 Å². The standard InChI is InChI=1S/C10H7N3O3/c14-9-3-2-7(13(15)16)6-8(9)10-11-4-1-5-12-10/h1-6,14H. The molecule has 0 saturated carbocycles. The molecule has 0 bridgehead atoms. The topological polar surface area (TPSA) is 89.2 Å². The molecule has 0 radical (unpaired) electrons. The molecule has 2 rings (SSSR count). The Labute approximate surface area is 90.4 Å². The van der Waals surface area contributed by atoms with Gasteiger partial charge in [-0.25, -0.2) is 9.97 Å². The van der Waals surface area contributed by atoms with Gasteiger partial charge < -0.3 is 5.11 Å². The number of benzene rings is 1. The molecule has 1 aromatic carbocycles. The van der Waals surface area contributed by atoms with Crippen molar-refractivity contribution in [2.24, 2.45) is 0 Å². The van der Waals surface area contributed by atoms with Crippen molar-refractivity contribution in [2.75, 3.05) is 0 Å². The minimum absolute atomic E-state index is 0.0863. The number of aromatic nitrogens is 2. The number of hydrogen-bond donors (Lipinski definition) is 1. The lowest BCUT2D eigenvalue weighted by Crippen LogP contribution is -1.91. The summed E-state index contributed by atoms with van der Waals surface area (Å²) in [5, 5.41) is 20.1. The fraction of sp³-hybridized carbons (Fsp3) is 0. The molecule has 0 aliphatic rings. The van der Waals surface area contributed by atoms with E-state index in [1.165, 1.54) is 30.6 Å².